The molecule has 0 bridgehead atoms. The van der Waals surface area contributed by atoms with E-state index in [9.17, 15) is 9.90 Å². The van der Waals surface area contributed by atoms with Gasteiger partial charge in [0.2, 0.25) is 0 Å². The largest absolute Gasteiger partial charge is 0.497 e. The van der Waals surface area contributed by atoms with E-state index < -0.39 is 12.1 Å². The van der Waals surface area contributed by atoms with Gasteiger partial charge in [-0.1, -0.05) is 23.7 Å². The Balaban J connectivity index is 2.21. The van der Waals surface area contributed by atoms with Crippen LogP contribution in [0.5, 0.6) is 17.2 Å². The predicted molar refractivity (Wildman–Crippen MR) is 104 cm³/mol. The zero-order chi connectivity index (χ0) is 20.0. The highest BCUT2D eigenvalue weighted by molar-refractivity contribution is 6.32. The third kappa shape index (κ3) is 4.75. The van der Waals surface area contributed by atoms with Gasteiger partial charge in [-0.15, -0.1) is 0 Å². The first-order valence-corrected chi connectivity index (χ1v) is 8.53. The molecule has 2 N–H and O–H groups in total. The summed E-state index contributed by atoms with van der Waals surface area (Å²) in [7, 11) is 6.15. The van der Waals surface area contributed by atoms with Gasteiger partial charge in [0.15, 0.2) is 0 Å². The highest BCUT2D eigenvalue weighted by atomic mass is 35.5. The predicted octanol–water partition coefficient (Wildman–Crippen LogP) is 3.56. The summed E-state index contributed by atoms with van der Waals surface area (Å²) in [6, 6.07) is 9.33. The van der Waals surface area contributed by atoms with Crippen LogP contribution in [0, 0.1) is 0 Å². The number of hydrogen-bond acceptors (Lipinski definition) is 5. The minimum Gasteiger partial charge on any atom is -0.497 e. The van der Waals surface area contributed by atoms with Gasteiger partial charge >= 0.3 is 6.03 Å². The summed E-state index contributed by atoms with van der Waals surface area (Å²) in [6.07, 6.45) is 0. The summed E-state index contributed by atoms with van der Waals surface area (Å²) >= 11 is 6.14. The average molecular weight is 395 g/mol. The zero-order valence-electron chi connectivity index (χ0n) is 15.7. The number of aliphatic hydroxyl groups excluding tert-OH is 1. The van der Waals surface area contributed by atoms with Crippen molar-refractivity contribution in [3.63, 3.8) is 0 Å². The van der Waals surface area contributed by atoms with Gasteiger partial charge in [-0.25, -0.2) is 4.79 Å². The van der Waals surface area contributed by atoms with Gasteiger partial charge in [-0.3, -0.25) is 0 Å². The Morgan fingerprint density at radius 1 is 1.11 bits per heavy atom. The lowest BCUT2D eigenvalue weighted by molar-refractivity contribution is 0.158. The van der Waals surface area contributed by atoms with Crippen molar-refractivity contribution in [1.29, 1.82) is 0 Å². The number of amides is 2. The molecular weight excluding hydrogens is 372 g/mol. The summed E-state index contributed by atoms with van der Waals surface area (Å²) in [4.78, 5) is 14.1. The molecular formula is C19H23ClN2O5. The molecule has 0 saturated carbocycles. The smallest absolute Gasteiger partial charge is 0.322 e. The molecule has 0 aliphatic carbocycles. The number of urea groups is 1. The molecule has 27 heavy (non-hydrogen) atoms. The molecule has 0 radical (unpaired) electrons. The molecule has 7 nitrogen and oxygen atoms in total. The maximum atomic E-state index is 12.7. The molecule has 0 spiro atoms. The molecule has 0 aliphatic rings. The molecule has 0 saturated heterocycles. The van der Waals surface area contributed by atoms with Crippen LogP contribution in [0.4, 0.5) is 10.5 Å². The van der Waals surface area contributed by atoms with Gasteiger partial charge in [-0.2, -0.15) is 0 Å². The van der Waals surface area contributed by atoms with Crippen molar-refractivity contribution in [1.82, 2.24) is 4.90 Å². The van der Waals surface area contributed by atoms with Gasteiger partial charge < -0.3 is 29.5 Å². The third-order valence-electron chi connectivity index (χ3n) is 4.18. The van der Waals surface area contributed by atoms with E-state index in [0.717, 1.165) is 5.56 Å². The van der Waals surface area contributed by atoms with E-state index in [0.29, 0.717) is 28.0 Å². The number of aliphatic hydroxyl groups is 1. The number of carbonyl (C=O) groups excluding carboxylic acids is 1. The Morgan fingerprint density at radius 2 is 1.74 bits per heavy atom. The summed E-state index contributed by atoms with van der Waals surface area (Å²) in [5.41, 5.74) is 1.17. The Hall–Kier alpha value is -2.64. The number of ether oxygens (including phenoxy) is 3. The maximum absolute atomic E-state index is 12.7. The molecule has 0 unspecified atom stereocenters. The van der Waals surface area contributed by atoms with Crippen molar-refractivity contribution < 1.29 is 24.1 Å². The van der Waals surface area contributed by atoms with E-state index in [1.165, 1.54) is 19.1 Å². The highest BCUT2D eigenvalue weighted by Gasteiger charge is 2.22. The molecule has 2 aromatic rings. The van der Waals surface area contributed by atoms with Crippen LogP contribution in [-0.2, 0) is 0 Å². The van der Waals surface area contributed by atoms with E-state index in [4.69, 9.17) is 25.8 Å². The first kappa shape index (κ1) is 20.7. The van der Waals surface area contributed by atoms with Crippen LogP contribution in [-0.4, -0.2) is 51.0 Å². The van der Waals surface area contributed by atoms with Crippen LogP contribution in [0.2, 0.25) is 5.02 Å². The fourth-order valence-corrected chi connectivity index (χ4v) is 2.82. The summed E-state index contributed by atoms with van der Waals surface area (Å²) in [6.45, 7) is -0.239. The standard InChI is InChI=1S/C19H23ClN2O5/c1-22(16(11-23)12-5-7-13(25-2)8-6-12)19(24)21-15-9-14(20)17(26-3)10-18(15)27-4/h5-10,16,23H,11H2,1-4H3,(H,21,24)/t16-/m0/s1. The van der Waals surface area contributed by atoms with E-state index in [1.807, 2.05) is 0 Å². The van der Waals surface area contributed by atoms with E-state index in [2.05, 4.69) is 5.32 Å². The van der Waals surface area contributed by atoms with Crippen LogP contribution in [0.3, 0.4) is 0 Å². The average Bonchev–Trinajstić information content (AvgIpc) is 2.69. The van der Waals surface area contributed by atoms with Gasteiger partial charge in [0.05, 0.1) is 44.7 Å². The van der Waals surface area contributed by atoms with Gasteiger partial charge in [0, 0.05) is 13.1 Å². The fraction of sp³-hybridized carbons (Fsp3) is 0.316. The minimum absolute atomic E-state index is 0.239. The molecule has 0 aromatic heterocycles. The first-order valence-electron chi connectivity index (χ1n) is 8.15. The van der Waals surface area contributed by atoms with Gasteiger partial charge in [-0.05, 0) is 23.8 Å². The second-order valence-corrected chi connectivity index (χ2v) is 6.11. The number of methoxy groups -OCH3 is 3. The third-order valence-corrected chi connectivity index (χ3v) is 4.47. The van der Waals surface area contributed by atoms with Crippen LogP contribution < -0.4 is 19.5 Å². The summed E-state index contributed by atoms with van der Waals surface area (Å²) < 4.78 is 15.6. The Labute approximate surface area is 163 Å². The maximum Gasteiger partial charge on any atom is 0.322 e. The van der Waals surface area contributed by atoms with E-state index >= 15 is 0 Å². The molecule has 0 aliphatic heterocycles. The number of anilines is 1. The van der Waals surface area contributed by atoms with Crippen molar-refractivity contribution in [2.45, 2.75) is 6.04 Å². The van der Waals surface area contributed by atoms with Crippen molar-refractivity contribution in [2.24, 2.45) is 0 Å². The second-order valence-electron chi connectivity index (χ2n) is 5.70. The molecule has 0 fully saturated rings. The number of nitrogens with zero attached hydrogens (tertiary/aromatic N) is 1. The Bertz CT molecular complexity index is 782. The van der Waals surface area contributed by atoms with Gasteiger partial charge in [0.1, 0.15) is 17.2 Å². The van der Waals surface area contributed by atoms with Crippen molar-refractivity contribution >= 4 is 23.3 Å². The van der Waals surface area contributed by atoms with Gasteiger partial charge in [0.25, 0.3) is 0 Å². The summed E-state index contributed by atoms with van der Waals surface area (Å²) in [5, 5.41) is 12.9. The van der Waals surface area contributed by atoms with E-state index in [1.54, 1.807) is 50.6 Å². The quantitative estimate of drug-likeness (QED) is 0.750. The van der Waals surface area contributed by atoms with Crippen LogP contribution in [0.25, 0.3) is 0 Å². The van der Waals surface area contributed by atoms with Crippen molar-refractivity contribution in [3.05, 3.63) is 47.0 Å². The Morgan fingerprint density at radius 3 is 2.26 bits per heavy atom. The lowest BCUT2D eigenvalue weighted by Crippen LogP contribution is -2.36. The number of hydrogen-bond donors (Lipinski definition) is 2. The monoisotopic (exact) mass is 394 g/mol. The number of halogens is 1. The van der Waals surface area contributed by atoms with Crippen LogP contribution in [0.15, 0.2) is 36.4 Å². The number of benzene rings is 2. The number of rotatable bonds is 7. The molecule has 2 rings (SSSR count). The highest BCUT2D eigenvalue weighted by Crippen LogP contribution is 2.36. The lowest BCUT2D eigenvalue weighted by Gasteiger charge is -2.27. The molecule has 2 aromatic carbocycles. The molecule has 8 heteroatoms. The normalized spacial score (nSPS) is 11.5. The minimum atomic E-state index is -0.532. The Kier molecular flexibility index (Phi) is 7.15. The SMILES string of the molecule is COc1ccc([C@H](CO)N(C)C(=O)Nc2cc(Cl)c(OC)cc2OC)cc1. The number of carbonyl (C=O) groups is 1. The van der Waals surface area contributed by atoms with Crippen LogP contribution >= 0.6 is 11.6 Å². The van der Waals surface area contributed by atoms with Crippen LogP contribution in [0.1, 0.15) is 11.6 Å². The molecule has 2 amide bonds. The second kappa shape index (κ2) is 9.34. The topological polar surface area (TPSA) is 80.3 Å². The molecule has 146 valence electrons. The van der Waals surface area contributed by atoms with Crippen molar-refractivity contribution in [3.8, 4) is 17.2 Å². The first-order chi connectivity index (χ1) is 12.9. The number of likely N-dealkylation sites (N-methyl/N-ethyl adjacent to an activating group) is 1. The molecule has 1 atom stereocenters. The fourth-order valence-electron chi connectivity index (χ4n) is 2.58. The van der Waals surface area contributed by atoms with E-state index in [-0.39, 0.29) is 6.61 Å². The summed E-state index contributed by atoms with van der Waals surface area (Å²) in [5.74, 6) is 1.54. The zero-order valence-corrected chi connectivity index (χ0v) is 16.4. The molecule has 0 heterocycles. The lowest BCUT2D eigenvalue weighted by atomic mass is 10.1. The van der Waals surface area contributed by atoms with Crippen molar-refractivity contribution in [2.75, 3.05) is 40.3 Å². The number of nitrogens with one attached hydrogen (secondary N) is 1.